The molecule has 2 aromatic heterocycles. The fourth-order valence-electron chi connectivity index (χ4n) is 1.35. The van der Waals surface area contributed by atoms with Gasteiger partial charge in [-0.1, -0.05) is 6.07 Å². The average Bonchev–Trinajstić information content (AvgIpc) is 2.38. The maximum absolute atomic E-state index is 11.7. The van der Waals surface area contributed by atoms with Gasteiger partial charge in [-0.15, -0.1) is 0 Å². The summed E-state index contributed by atoms with van der Waals surface area (Å²) in [5.74, 6) is -0.213. The number of hydrogen-bond acceptors (Lipinski definition) is 3. The van der Waals surface area contributed by atoms with Crippen LogP contribution in [-0.4, -0.2) is 10.9 Å². The van der Waals surface area contributed by atoms with Gasteiger partial charge in [0.25, 0.3) is 5.91 Å². The van der Waals surface area contributed by atoms with Gasteiger partial charge in [0.05, 0.1) is 5.56 Å². The fraction of sp³-hybridized carbons (Fsp3) is 0.0833. The third-order valence-corrected chi connectivity index (χ3v) is 2.24. The van der Waals surface area contributed by atoms with Crippen molar-refractivity contribution in [2.75, 3.05) is 0 Å². The highest BCUT2D eigenvalue weighted by molar-refractivity contribution is 5.93. The van der Waals surface area contributed by atoms with Gasteiger partial charge in [-0.3, -0.25) is 9.78 Å². The van der Waals surface area contributed by atoms with Crippen LogP contribution in [0.3, 0.4) is 0 Å². The second-order valence-corrected chi connectivity index (χ2v) is 3.49. The van der Waals surface area contributed by atoms with Crippen molar-refractivity contribution < 1.29 is 9.52 Å². The van der Waals surface area contributed by atoms with Crippen molar-refractivity contribution in [3.63, 3.8) is 0 Å². The predicted molar refractivity (Wildman–Crippen MR) is 60.8 cm³/mol. The number of carbonyl (C=O) groups excluding carboxylic acids is 1. The average molecular weight is 229 g/mol. The molecule has 5 nitrogen and oxygen atoms in total. The van der Waals surface area contributed by atoms with Crippen LogP contribution in [0.15, 0.2) is 49.1 Å². The highest BCUT2D eigenvalue weighted by Gasteiger charge is 2.05. The minimum atomic E-state index is -0.213. The van der Waals surface area contributed by atoms with E-state index in [0.29, 0.717) is 16.8 Å². The van der Waals surface area contributed by atoms with Crippen molar-refractivity contribution >= 4 is 5.91 Å². The maximum atomic E-state index is 11.7. The first-order chi connectivity index (χ1) is 8.25. The van der Waals surface area contributed by atoms with E-state index >= 15 is 0 Å². The highest BCUT2D eigenvalue weighted by atomic mass is 16.5. The van der Waals surface area contributed by atoms with Crippen molar-refractivity contribution in [2.24, 2.45) is 0 Å². The Kier molecular flexibility index (Phi) is 3.30. The first kappa shape index (κ1) is 11.1. The summed E-state index contributed by atoms with van der Waals surface area (Å²) in [7, 11) is 0. The predicted octanol–water partition coefficient (Wildman–Crippen LogP) is 0.645. The lowest BCUT2D eigenvalue weighted by atomic mass is 10.2. The lowest BCUT2D eigenvalue weighted by Crippen LogP contribution is -2.27. The molecule has 0 fully saturated rings. The van der Waals surface area contributed by atoms with E-state index < -0.39 is 0 Å². The number of nitrogens with one attached hydrogen (secondary N) is 1. The minimum absolute atomic E-state index is 0.213. The third kappa shape index (κ3) is 3.01. The largest absolute Gasteiger partial charge is 0.619 e. The van der Waals surface area contributed by atoms with Crippen LogP contribution in [0.25, 0.3) is 0 Å². The smallest absolute Gasteiger partial charge is 0.252 e. The van der Waals surface area contributed by atoms with E-state index in [0.717, 1.165) is 5.56 Å². The molecule has 0 bridgehead atoms. The van der Waals surface area contributed by atoms with Crippen LogP contribution in [0.2, 0.25) is 0 Å². The van der Waals surface area contributed by atoms with Gasteiger partial charge in [-0.05, 0) is 11.6 Å². The highest BCUT2D eigenvalue weighted by Crippen LogP contribution is 1.98. The molecular weight excluding hydrogens is 218 g/mol. The normalized spacial score (nSPS) is 9.88. The van der Waals surface area contributed by atoms with E-state index in [4.69, 9.17) is 0 Å². The minimum Gasteiger partial charge on any atom is -0.619 e. The van der Waals surface area contributed by atoms with Gasteiger partial charge in [-0.2, -0.15) is 4.73 Å². The summed E-state index contributed by atoms with van der Waals surface area (Å²) in [5.41, 5.74) is 1.39. The van der Waals surface area contributed by atoms with Gasteiger partial charge in [0.2, 0.25) is 0 Å². The summed E-state index contributed by atoms with van der Waals surface area (Å²) in [5, 5.41) is 13.5. The van der Waals surface area contributed by atoms with Gasteiger partial charge in [0.1, 0.15) is 0 Å². The molecule has 0 aliphatic rings. The van der Waals surface area contributed by atoms with E-state index in [1.165, 1.54) is 24.5 Å². The van der Waals surface area contributed by atoms with Crippen LogP contribution < -0.4 is 10.0 Å². The molecule has 5 heteroatoms. The number of rotatable bonds is 3. The Balaban J connectivity index is 1.96. The topological polar surface area (TPSA) is 68.9 Å². The number of carbonyl (C=O) groups is 1. The second-order valence-electron chi connectivity index (χ2n) is 3.49. The molecule has 1 N–H and O–H groups in total. The van der Waals surface area contributed by atoms with Gasteiger partial charge >= 0.3 is 0 Å². The van der Waals surface area contributed by atoms with Crippen LogP contribution in [0.4, 0.5) is 0 Å². The number of hydrogen-bond donors (Lipinski definition) is 1. The van der Waals surface area contributed by atoms with Crippen LogP contribution >= 0.6 is 0 Å². The fourth-order valence-corrected chi connectivity index (χ4v) is 1.35. The van der Waals surface area contributed by atoms with Crippen LogP contribution in [0.5, 0.6) is 0 Å². The quantitative estimate of drug-likeness (QED) is 0.620. The Morgan fingerprint density at radius 1 is 1.35 bits per heavy atom. The van der Waals surface area contributed by atoms with E-state index in [1.54, 1.807) is 12.4 Å². The molecule has 86 valence electrons. The molecule has 0 atom stereocenters. The zero-order valence-corrected chi connectivity index (χ0v) is 9.04. The molecule has 2 heterocycles. The second kappa shape index (κ2) is 5.07. The Bertz CT molecular complexity index is 497. The van der Waals surface area contributed by atoms with Gasteiger partial charge in [0, 0.05) is 31.1 Å². The Hall–Kier alpha value is -2.43. The molecule has 0 aliphatic carbocycles. The van der Waals surface area contributed by atoms with Crippen LogP contribution in [-0.2, 0) is 6.54 Å². The van der Waals surface area contributed by atoms with Gasteiger partial charge < -0.3 is 10.5 Å². The zero-order valence-electron chi connectivity index (χ0n) is 9.04. The molecule has 0 aromatic carbocycles. The maximum Gasteiger partial charge on any atom is 0.252 e. The zero-order chi connectivity index (χ0) is 12.1. The van der Waals surface area contributed by atoms with Crippen molar-refractivity contribution in [2.45, 2.75) is 6.54 Å². The molecular formula is C12H11N3O2. The summed E-state index contributed by atoms with van der Waals surface area (Å²) in [6, 6.07) is 6.64. The summed E-state index contributed by atoms with van der Waals surface area (Å²) in [6.07, 6.45) is 5.95. The first-order valence-electron chi connectivity index (χ1n) is 5.11. The number of nitrogens with zero attached hydrogens (tertiary/aromatic N) is 2. The molecule has 2 aromatic rings. The first-order valence-corrected chi connectivity index (χ1v) is 5.11. The molecule has 17 heavy (non-hydrogen) atoms. The Labute approximate surface area is 98.3 Å². The summed E-state index contributed by atoms with van der Waals surface area (Å²) < 4.78 is 0.637. The van der Waals surface area contributed by atoms with E-state index in [1.807, 2.05) is 12.1 Å². The molecule has 0 saturated heterocycles. The lowest BCUT2D eigenvalue weighted by molar-refractivity contribution is -0.605. The summed E-state index contributed by atoms with van der Waals surface area (Å²) >= 11 is 0. The Morgan fingerprint density at radius 3 is 2.76 bits per heavy atom. The van der Waals surface area contributed by atoms with Gasteiger partial charge in [0.15, 0.2) is 12.4 Å². The molecule has 0 saturated carbocycles. The van der Waals surface area contributed by atoms with Crippen molar-refractivity contribution in [1.82, 2.24) is 10.3 Å². The standard InChI is InChI=1S/C12H11N3O2/c16-12(11-3-6-15(17)7-4-11)14-9-10-2-1-5-13-8-10/h1-8H,9H2,(H,14,16). The number of pyridine rings is 2. The molecule has 0 unspecified atom stereocenters. The molecule has 0 radical (unpaired) electrons. The monoisotopic (exact) mass is 229 g/mol. The van der Waals surface area contributed by atoms with Crippen molar-refractivity contribution in [3.05, 3.63) is 65.4 Å². The molecule has 1 amide bonds. The Morgan fingerprint density at radius 2 is 2.12 bits per heavy atom. The van der Waals surface area contributed by atoms with Crippen molar-refractivity contribution in [3.8, 4) is 0 Å². The van der Waals surface area contributed by atoms with E-state index in [9.17, 15) is 10.0 Å². The number of aromatic nitrogens is 2. The van der Waals surface area contributed by atoms with E-state index in [-0.39, 0.29) is 5.91 Å². The summed E-state index contributed by atoms with van der Waals surface area (Å²) in [6.45, 7) is 0.416. The van der Waals surface area contributed by atoms with Crippen molar-refractivity contribution in [1.29, 1.82) is 0 Å². The lowest BCUT2D eigenvalue weighted by Gasteiger charge is -2.04. The number of amides is 1. The van der Waals surface area contributed by atoms with Gasteiger partial charge in [-0.25, -0.2) is 0 Å². The van der Waals surface area contributed by atoms with E-state index in [2.05, 4.69) is 10.3 Å². The van der Waals surface area contributed by atoms with Crippen LogP contribution in [0, 0.1) is 5.21 Å². The molecule has 0 spiro atoms. The SMILES string of the molecule is O=C(NCc1cccnc1)c1cc[n+]([O-])cc1. The molecule has 0 aliphatic heterocycles. The third-order valence-electron chi connectivity index (χ3n) is 2.24. The summed E-state index contributed by atoms with van der Waals surface area (Å²) in [4.78, 5) is 15.6. The van der Waals surface area contributed by atoms with Crippen LogP contribution in [0.1, 0.15) is 15.9 Å². The molecule has 2 rings (SSSR count).